The van der Waals surface area contributed by atoms with Crippen molar-refractivity contribution < 1.29 is 9.18 Å². The van der Waals surface area contributed by atoms with Crippen LogP contribution >= 0.6 is 0 Å². The number of benzene rings is 1. The van der Waals surface area contributed by atoms with Gasteiger partial charge in [-0.05, 0) is 42.5 Å². The summed E-state index contributed by atoms with van der Waals surface area (Å²) in [7, 11) is 0. The molecule has 19 heavy (non-hydrogen) atoms. The molecule has 0 aliphatic carbocycles. The van der Waals surface area contributed by atoms with Gasteiger partial charge in [-0.3, -0.25) is 14.8 Å². The topological polar surface area (TPSA) is 42.9 Å². The molecule has 0 fully saturated rings. The maximum atomic E-state index is 12.8. The second kappa shape index (κ2) is 4.57. The number of hydrogen-bond acceptors (Lipinski definition) is 3. The first-order valence-corrected chi connectivity index (χ1v) is 5.75. The van der Waals surface area contributed by atoms with Crippen molar-refractivity contribution in [3.05, 3.63) is 71.8 Å². The zero-order valence-electron chi connectivity index (χ0n) is 9.88. The number of halogens is 1. The Hall–Kier alpha value is -2.62. The molecule has 0 spiro atoms. The standard InChI is InChI=1S/C15H9FN2O/c16-12-5-3-10(4-6-12)15(19)11-8-14-13(18-9-11)2-1-7-17-14/h1-9H. The van der Waals surface area contributed by atoms with Crippen LogP contribution < -0.4 is 0 Å². The molecule has 0 aliphatic rings. The van der Waals surface area contributed by atoms with Crippen molar-refractivity contribution in [3.8, 4) is 0 Å². The van der Waals surface area contributed by atoms with Crippen LogP contribution in [0.5, 0.6) is 0 Å². The van der Waals surface area contributed by atoms with Gasteiger partial charge in [0.15, 0.2) is 5.78 Å². The molecule has 0 saturated carbocycles. The van der Waals surface area contributed by atoms with E-state index >= 15 is 0 Å². The molecule has 0 radical (unpaired) electrons. The molecule has 3 rings (SSSR count). The van der Waals surface area contributed by atoms with Crippen molar-refractivity contribution in [2.75, 3.05) is 0 Å². The Labute approximate surface area is 108 Å². The molecule has 0 unspecified atom stereocenters. The van der Waals surface area contributed by atoms with Crippen LogP contribution in [0.3, 0.4) is 0 Å². The van der Waals surface area contributed by atoms with E-state index in [1.807, 2.05) is 6.07 Å². The summed E-state index contributed by atoms with van der Waals surface area (Å²) in [4.78, 5) is 20.6. The van der Waals surface area contributed by atoms with Gasteiger partial charge in [0.1, 0.15) is 5.82 Å². The molecule has 0 bridgehead atoms. The zero-order chi connectivity index (χ0) is 13.2. The largest absolute Gasteiger partial charge is 0.289 e. The van der Waals surface area contributed by atoms with E-state index in [1.165, 1.54) is 30.5 Å². The number of carbonyl (C=O) groups excluding carboxylic acids is 1. The summed E-state index contributed by atoms with van der Waals surface area (Å²) in [6.07, 6.45) is 3.16. The van der Waals surface area contributed by atoms with Gasteiger partial charge >= 0.3 is 0 Å². The lowest BCUT2D eigenvalue weighted by Crippen LogP contribution is -2.02. The van der Waals surface area contributed by atoms with Crippen LogP contribution in [-0.4, -0.2) is 15.8 Å². The number of nitrogens with zero attached hydrogens (tertiary/aromatic N) is 2. The first-order chi connectivity index (χ1) is 9.24. The Bertz CT molecular complexity index is 753. The van der Waals surface area contributed by atoms with Crippen molar-refractivity contribution in [3.63, 3.8) is 0 Å². The molecular weight excluding hydrogens is 243 g/mol. The molecule has 2 aromatic heterocycles. The smallest absolute Gasteiger partial charge is 0.194 e. The number of rotatable bonds is 2. The van der Waals surface area contributed by atoms with E-state index in [4.69, 9.17) is 0 Å². The zero-order valence-corrected chi connectivity index (χ0v) is 9.88. The summed E-state index contributed by atoms with van der Waals surface area (Å²) in [6, 6.07) is 10.7. The third kappa shape index (κ3) is 2.20. The fourth-order valence-electron chi connectivity index (χ4n) is 1.85. The Balaban J connectivity index is 2.04. The number of aromatic nitrogens is 2. The summed E-state index contributed by atoms with van der Waals surface area (Å²) in [5.41, 5.74) is 2.27. The molecule has 0 saturated heterocycles. The van der Waals surface area contributed by atoms with Gasteiger partial charge in [0.05, 0.1) is 11.0 Å². The van der Waals surface area contributed by atoms with Gasteiger partial charge in [-0.25, -0.2) is 4.39 Å². The van der Waals surface area contributed by atoms with E-state index in [0.29, 0.717) is 16.6 Å². The number of carbonyl (C=O) groups is 1. The maximum absolute atomic E-state index is 12.8. The third-order valence-electron chi connectivity index (χ3n) is 2.82. The highest BCUT2D eigenvalue weighted by Crippen LogP contribution is 2.14. The predicted molar refractivity (Wildman–Crippen MR) is 69.4 cm³/mol. The maximum Gasteiger partial charge on any atom is 0.194 e. The van der Waals surface area contributed by atoms with Crippen molar-refractivity contribution in [1.29, 1.82) is 0 Å². The highest BCUT2D eigenvalue weighted by atomic mass is 19.1. The Morgan fingerprint density at radius 1 is 0.947 bits per heavy atom. The van der Waals surface area contributed by atoms with E-state index in [0.717, 1.165) is 5.52 Å². The van der Waals surface area contributed by atoms with Gasteiger partial charge in [-0.15, -0.1) is 0 Å². The van der Waals surface area contributed by atoms with Crippen molar-refractivity contribution in [1.82, 2.24) is 9.97 Å². The molecule has 1 aromatic carbocycles. The summed E-state index contributed by atoms with van der Waals surface area (Å²) in [6.45, 7) is 0. The van der Waals surface area contributed by atoms with Crippen LogP contribution in [0, 0.1) is 5.82 Å². The lowest BCUT2D eigenvalue weighted by atomic mass is 10.0. The minimum atomic E-state index is -0.366. The average molecular weight is 252 g/mol. The van der Waals surface area contributed by atoms with Gasteiger partial charge < -0.3 is 0 Å². The summed E-state index contributed by atoms with van der Waals surface area (Å²) in [5.74, 6) is -0.560. The number of pyridine rings is 2. The second-order valence-electron chi connectivity index (χ2n) is 4.10. The fraction of sp³-hybridized carbons (Fsp3) is 0. The van der Waals surface area contributed by atoms with Gasteiger partial charge in [0.2, 0.25) is 0 Å². The molecule has 0 N–H and O–H groups in total. The lowest BCUT2D eigenvalue weighted by Gasteiger charge is -2.02. The molecule has 0 amide bonds. The summed E-state index contributed by atoms with van der Waals surface area (Å²) < 4.78 is 12.8. The predicted octanol–water partition coefficient (Wildman–Crippen LogP) is 3.00. The first kappa shape index (κ1) is 11.5. The van der Waals surface area contributed by atoms with E-state index < -0.39 is 0 Å². The normalized spacial score (nSPS) is 10.6. The van der Waals surface area contributed by atoms with Crippen molar-refractivity contribution >= 4 is 16.8 Å². The Morgan fingerprint density at radius 3 is 2.53 bits per heavy atom. The number of hydrogen-bond donors (Lipinski definition) is 0. The molecule has 0 aliphatic heterocycles. The van der Waals surface area contributed by atoms with Crippen molar-refractivity contribution in [2.24, 2.45) is 0 Å². The summed E-state index contributed by atoms with van der Waals surface area (Å²) in [5, 5.41) is 0. The highest BCUT2D eigenvalue weighted by Gasteiger charge is 2.10. The second-order valence-corrected chi connectivity index (χ2v) is 4.10. The van der Waals surface area contributed by atoms with Crippen LogP contribution in [0.1, 0.15) is 15.9 Å². The number of ketones is 1. The van der Waals surface area contributed by atoms with Crippen LogP contribution in [0.15, 0.2) is 54.9 Å². The average Bonchev–Trinajstić information content (AvgIpc) is 2.47. The highest BCUT2D eigenvalue weighted by molar-refractivity contribution is 6.09. The Kier molecular flexibility index (Phi) is 2.76. The van der Waals surface area contributed by atoms with Crippen LogP contribution in [0.4, 0.5) is 4.39 Å². The Morgan fingerprint density at radius 2 is 1.74 bits per heavy atom. The molecule has 4 heteroatoms. The van der Waals surface area contributed by atoms with Gasteiger partial charge in [0.25, 0.3) is 0 Å². The monoisotopic (exact) mass is 252 g/mol. The first-order valence-electron chi connectivity index (χ1n) is 5.75. The minimum absolute atomic E-state index is 0.194. The lowest BCUT2D eigenvalue weighted by molar-refractivity contribution is 0.103. The minimum Gasteiger partial charge on any atom is -0.289 e. The summed E-state index contributed by atoms with van der Waals surface area (Å²) >= 11 is 0. The van der Waals surface area contributed by atoms with E-state index in [2.05, 4.69) is 9.97 Å². The molecule has 0 atom stereocenters. The van der Waals surface area contributed by atoms with Crippen molar-refractivity contribution in [2.45, 2.75) is 0 Å². The molecule has 92 valence electrons. The van der Waals surface area contributed by atoms with Crippen LogP contribution in [-0.2, 0) is 0 Å². The third-order valence-corrected chi connectivity index (χ3v) is 2.82. The molecular formula is C15H9FN2O. The SMILES string of the molecule is O=C(c1ccc(F)cc1)c1cnc2cccnc2c1. The van der Waals surface area contributed by atoms with E-state index in [9.17, 15) is 9.18 Å². The quantitative estimate of drug-likeness (QED) is 0.658. The van der Waals surface area contributed by atoms with Crippen LogP contribution in [0.25, 0.3) is 11.0 Å². The van der Waals surface area contributed by atoms with Gasteiger partial charge in [-0.2, -0.15) is 0 Å². The van der Waals surface area contributed by atoms with E-state index in [1.54, 1.807) is 18.3 Å². The van der Waals surface area contributed by atoms with Gasteiger partial charge in [-0.1, -0.05) is 0 Å². The molecule has 2 heterocycles. The fourth-order valence-corrected chi connectivity index (χ4v) is 1.85. The van der Waals surface area contributed by atoms with Gasteiger partial charge in [0, 0.05) is 23.5 Å². The molecule has 3 aromatic rings. The van der Waals surface area contributed by atoms with Crippen LogP contribution in [0.2, 0.25) is 0 Å². The van der Waals surface area contributed by atoms with E-state index in [-0.39, 0.29) is 11.6 Å². The molecule has 3 nitrogen and oxygen atoms in total. The number of fused-ring (bicyclic) bond motifs is 1.